The van der Waals surface area contributed by atoms with Gasteiger partial charge >= 0.3 is 5.97 Å². The number of amides is 1. The van der Waals surface area contributed by atoms with E-state index in [1.165, 1.54) is 7.11 Å². The Morgan fingerprint density at radius 1 is 1.45 bits per heavy atom. The highest BCUT2D eigenvalue weighted by Crippen LogP contribution is 2.25. The molecule has 0 bridgehead atoms. The van der Waals surface area contributed by atoms with E-state index in [0.717, 1.165) is 0 Å². The van der Waals surface area contributed by atoms with Crippen molar-refractivity contribution >= 4 is 11.9 Å². The first-order chi connectivity index (χ1) is 10.5. The summed E-state index contributed by atoms with van der Waals surface area (Å²) in [6.07, 6.45) is 1.58. The van der Waals surface area contributed by atoms with Crippen molar-refractivity contribution < 1.29 is 24.2 Å². The molecule has 0 saturated heterocycles. The molecular weight excluding hydrogens is 286 g/mol. The Bertz CT molecular complexity index is 541. The molecule has 120 valence electrons. The molecule has 1 aromatic rings. The van der Waals surface area contributed by atoms with Gasteiger partial charge in [0.15, 0.2) is 0 Å². The summed E-state index contributed by atoms with van der Waals surface area (Å²) in [5, 5.41) is 11.4. The first-order valence-corrected chi connectivity index (χ1v) is 6.89. The molecule has 0 heterocycles. The molecule has 0 fully saturated rings. The molecule has 0 spiro atoms. The van der Waals surface area contributed by atoms with Gasteiger partial charge in [-0.3, -0.25) is 9.59 Å². The quantitative estimate of drug-likeness (QED) is 0.682. The molecule has 0 radical (unpaired) electrons. The maximum absolute atomic E-state index is 12.2. The van der Waals surface area contributed by atoms with Gasteiger partial charge in [-0.1, -0.05) is 19.6 Å². The molecular formula is C16H21NO5. The van der Waals surface area contributed by atoms with Gasteiger partial charge in [-0.2, -0.15) is 0 Å². The highest BCUT2D eigenvalue weighted by atomic mass is 16.5. The van der Waals surface area contributed by atoms with Crippen molar-refractivity contribution in [3.05, 3.63) is 36.4 Å². The molecule has 1 amide bonds. The molecule has 0 aromatic heterocycles. The molecule has 0 saturated carbocycles. The Balaban J connectivity index is 2.78. The summed E-state index contributed by atoms with van der Waals surface area (Å²) in [5.41, 5.74) is 0.366. The fourth-order valence-electron chi connectivity index (χ4n) is 1.82. The number of carboxylic acid groups (broad SMARTS) is 1. The van der Waals surface area contributed by atoms with E-state index >= 15 is 0 Å². The van der Waals surface area contributed by atoms with Crippen LogP contribution in [0.2, 0.25) is 0 Å². The summed E-state index contributed by atoms with van der Waals surface area (Å²) in [5.74, 6) is -0.394. The van der Waals surface area contributed by atoms with Crippen LogP contribution in [0.5, 0.6) is 11.5 Å². The summed E-state index contributed by atoms with van der Waals surface area (Å²) in [4.78, 5) is 22.8. The molecule has 0 aliphatic heterocycles. The minimum absolute atomic E-state index is 0.00269. The number of methoxy groups -OCH3 is 1. The van der Waals surface area contributed by atoms with Crippen LogP contribution in [0.3, 0.4) is 0 Å². The highest BCUT2D eigenvalue weighted by Gasteiger charge is 2.15. The predicted octanol–water partition coefficient (Wildman–Crippen LogP) is 2.10. The van der Waals surface area contributed by atoms with Crippen LogP contribution in [0.15, 0.2) is 30.9 Å². The van der Waals surface area contributed by atoms with E-state index < -0.39 is 5.97 Å². The summed E-state index contributed by atoms with van der Waals surface area (Å²) >= 11 is 0. The zero-order valence-electron chi connectivity index (χ0n) is 12.8. The van der Waals surface area contributed by atoms with Crippen molar-refractivity contribution in [2.75, 3.05) is 20.3 Å². The van der Waals surface area contributed by atoms with Gasteiger partial charge in [0.05, 0.1) is 12.7 Å². The van der Waals surface area contributed by atoms with Crippen LogP contribution in [-0.4, -0.2) is 37.2 Å². The van der Waals surface area contributed by atoms with E-state index in [9.17, 15) is 9.59 Å². The molecule has 0 aliphatic rings. The smallest absolute Gasteiger partial charge is 0.303 e. The molecule has 1 unspecified atom stereocenters. The Kier molecular flexibility index (Phi) is 6.95. The van der Waals surface area contributed by atoms with Crippen LogP contribution in [0.25, 0.3) is 0 Å². The van der Waals surface area contributed by atoms with Crippen LogP contribution in [0.1, 0.15) is 23.7 Å². The molecule has 1 rings (SSSR count). The van der Waals surface area contributed by atoms with Crippen LogP contribution in [0.4, 0.5) is 0 Å². The molecule has 22 heavy (non-hydrogen) atoms. The number of ether oxygens (including phenoxy) is 2. The van der Waals surface area contributed by atoms with Crippen molar-refractivity contribution in [3.8, 4) is 11.5 Å². The summed E-state index contributed by atoms with van der Waals surface area (Å²) in [6, 6.07) is 4.89. The number of carbonyl (C=O) groups excluding carboxylic acids is 1. The first kappa shape index (κ1) is 17.6. The highest BCUT2D eigenvalue weighted by molar-refractivity contribution is 5.97. The number of nitrogens with one attached hydrogen (secondary N) is 1. The molecule has 6 nitrogen and oxygen atoms in total. The van der Waals surface area contributed by atoms with E-state index in [1.807, 2.05) is 0 Å². The van der Waals surface area contributed by atoms with E-state index in [1.54, 1.807) is 31.2 Å². The second kappa shape index (κ2) is 8.71. The van der Waals surface area contributed by atoms with Gasteiger partial charge in [-0.15, -0.1) is 0 Å². The number of hydrogen-bond acceptors (Lipinski definition) is 4. The van der Waals surface area contributed by atoms with E-state index in [-0.39, 0.29) is 31.4 Å². The normalized spacial score (nSPS) is 11.4. The van der Waals surface area contributed by atoms with Crippen LogP contribution < -0.4 is 14.8 Å². The lowest BCUT2D eigenvalue weighted by atomic mass is 10.1. The molecule has 0 aliphatic carbocycles. The Labute approximate surface area is 129 Å². The van der Waals surface area contributed by atoms with Gasteiger partial charge in [-0.05, 0) is 18.1 Å². The predicted molar refractivity (Wildman–Crippen MR) is 82.4 cm³/mol. The fourth-order valence-corrected chi connectivity index (χ4v) is 1.82. The maximum Gasteiger partial charge on any atom is 0.303 e. The van der Waals surface area contributed by atoms with Crippen LogP contribution >= 0.6 is 0 Å². The Hall–Kier alpha value is -2.50. The largest absolute Gasteiger partial charge is 0.497 e. The van der Waals surface area contributed by atoms with Gasteiger partial charge < -0.3 is 19.9 Å². The van der Waals surface area contributed by atoms with Gasteiger partial charge in [-0.25, -0.2) is 0 Å². The minimum Gasteiger partial charge on any atom is -0.497 e. The van der Waals surface area contributed by atoms with E-state index in [4.69, 9.17) is 14.6 Å². The third-order valence-corrected chi connectivity index (χ3v) is 2.92. The lowest BCUT2D eigenvalue weighted by Gasteiger charge is -2.14. The lowest BCUT2D eigenvalue weighted by Crippen LogP contribution is -2.29. The molecule has 2 N–H and O–H groups in total. The molecule has 1 atom stereocenters. The van der Waals surface area contributed by atoms with Gasteiger partial charge in [0.1, 0.15) is 18.1 Å². The number of hydrogen-bond donors (Lipinski definition) is 2. The maximum atomic E-state index is 12.2. The van der Waals surface area contributed by atoms with Gasteiger partial charge in [0.25, 0.3) is 5.91 Å². The van der Waals surface area contributed by atoms with E-state index in [2.05, 4.69) is 11.9 Å². The third-order valence-electron chi connectivity index (χ3n) is 2.92. The van der Waals surface area contributed by atoms with Crippen molar-refractivity contribution in [2.45, 2.75) is 13.3 Å². The van der Waals surface area contributed by atoms with Crippen molar-refractivity contribution in [1.82, 2.24) is 5.32 Å². The van der Waals surface area contributed by atoms with Crippen molar-refractivity contribution in [1.29, 1.82) is 0 Å². The van der Waals surface area contributed by atoms with Crippen LogP contribution in [-0.2, 0) is 4.79 Å². The van der Waals surface area contributed by atoms with Gasteiger partial charge in [0, 0.05) is 19.0 Å². The first-order valence-electron chi connectivity index (χ1n) is 6.89. The van der Waals surface area contributed by atoms with Gasteiger partial charge in [0.2, 0.25) is 0 Å². The van der Waals surface area contributed by atoms with Crippen molar-refractivity contribution in [3.63, 3.8) is 0 Å². The summed E-state index contributed by atoms with van der Waals surface area (Å²) in [6.45, 7) is 5.87. The zero-order valence-corrected chi connectivity index (χ0v) is 12.8. The molecule has 6 heteroatoms. The van der Waals surface area contributed by atoms with Crippen molar-refractivity contribution in [2.24, 2.45) is 5.92 Å². The van der Waals surface area contributed by atoms with Crippen LogP contribution in [0, 0.1) is 5.92 Å². The average molecular weight is 307 g/mol. The number of aliphatic carboxylic acids is 1. The average Bonchev–Trinajstić information content (AvgIpc) is 2.49. The second-order valence-corrected chi connectivity index (χ2v) is 4.87. The third kappa shape index (κ3) is 5.47. The van der Waals surface area contributed by atoms with E-state index in [0.29, 0.717) is 17.1 Å². The monoisotopic (exact) mass is 307 g/mol. The second-order valence-electron chi connectivity index (χ2n) is 4.87. The molecule has 1 aromatic carbocycles. The Morgan fingerprint density at radius 2 is 2.18 bits per heavy atom. The minimum atomic E-state index is -0.888. The summed E-state index contributed by atoms with van der Waals surface area (Å²) in [7, 11) is 1.53. The zero-order chi connectivity index (χ0) is 16.5. The summed E-state index contributed by atoms with van der Waals surface area (Å²) < 4.78 is 10.6. The number of carboxylic acids is 1. The SMILES string of the molecule is C=CCOc1cc(OC)ccc1C(=O)NCC(C)CC(=O)O. The number of rotatable bonds is 9. The topological polar surface area (TPSA) is 84.9 Å². The lowest BCUT2D eigenvalue weighted by molar-refractivity contribution is -0.137. The Morgan fingerprint density at radius 3 is 2.77 bits per heavy atom. The number of benzene rings is 1. The fraction of sp³-hybridized carbons (Fsp3) is 0.375. The standard InChI is InChI=1S/C16H21NO5/c1-4-7-22-14-9-12(21-3)5-6-13(14)16(20)17-10-11(2)8-15(18)19/h4-6,9,11H,1,7-8,10H2,2-3H3,(H,17,20)(H,18,19). The number of carbonyl (C=O) groups is 2.